The zero-order valence-electron chi connectivity index (χ0n) is 23.4. The molecule has 0 spiro atoms. The van der Waals surface area contributed by atoms with Crippen LogP contribution in [-0.4, -0.2) is 5.43 Å². The van der Waals surface area contributed by atoms with Crippen molar-refractivity contribution in [3.8, 4) is 11.1 Å². The second-order valence-corrected chi connectivity index (χ2v) is 19.9. The third-order valence-electron chi connectivity index (χ3n) is 7.38. The standard InChI is InChI=1S/C22H23.C9H13.C2H6Si.2ClH.Zr/c1-3-8-17(9-4-1)14-18-15-20-12-7-13-21(22(20)16-18)19-10-5-2-6-11-19;1-6-5-7(2)9(4)8(6)3;1-3-2;;;/h2,5-7,10-13,15-17H,1,3-4,8-9,14H2;6H,1-4H3;1-2H3;2*1H;/q2*-1;;;;+2/p-2. The van der Waals surface area contributed by atoms with Crippen LogP contribution in [0.2, 0.25) is 13.1 Å². The van der Waals surface area contributed by atoms with Crippen molar-refractivity contribution in [2.75, 3.05) is 0 Å². The molecule has 0 amide bonds. The first-order chi connectivity index (χ1) is 16.8. The maximum absolute atomic E-state index is 3.36. The van der Waals surface area contributed by atoms with Crippen molar-refractivity contribution in [2.24, 2.45) is 11.8 Å². The molecule has 37 heavy (non-hydrogen) atoms. The number of rotatable bonds is 3. The second-order valence-electron chi connectivity index (χ2n) is 10.5. The maximum Gasteiger partial charge on any atom is -0.0279 e. The zero-order valence-corrected chi connectivity index (χ0v) is 28.4. The fraction of sp³-hybridized carbons (Fsp3) is 0.424. The van der Waals surface area contributed by atoms with E-state index in [1.54, 1.807) is 23.3 Å². The quantitative estimate of drug-likeness (QED) is 0.306. The Labute approximate surface area is 254 Å². The SMILES string of the molecule is CC1=[C-]C(C)C(C)=C1C.C[Si](C)=[Zr+2].[Cl-].[Cl-].c1ccc(-c2cccc3[cH-]c(CC4CCCCC4)cc23)cc1. The monoisotopic (exact) mass is 626 g/mol. The van der Waals surface area contributed by atoms with Crippen LogP contribution in [-0.2, 0) is 29.8 Å². The predicted octanol–water partition coefficient (Wildman–Crippen LogP) is 3.86. The first-order valence-electron chi connectivity index (χ1n) is 13.3. The molecular formula is C33H42Cl2SiZr-2. The van der Waals surface area contributed by atoms with Crippen molar-refractivity contribution in [1.82, 2.24) is 0 Å². The molecule has 1 saturated carbocycles. The van der Waals surface area contributed by atoms with Gasteiger partial charge in [0.05, 0.1) is 0 Å². The minimum Gasteiger partial charge on any atom is -1.00 e. The van der Waals surface area contributed by atoms with E-state index in [9.17, 15) is 0 Å². The summed E-state index contributed by atoms with van der Waals surface area (Å²) in [5, 5.41) is 2.81. The van der Waals surface area contributed by atoms with Gasteiger partial charge in [0, 0.05) is 0 Å². The first kappa shape index (κ1) is 34.2. The number of allylic oxidation sites excluding steroid dienone is 4. The van der Waals surface area contributed by atoms with E-state index in [1.165, 1.54) is 82.7 Å². The van der Waals surface area contributed by atoms with Crippen LogP contribution in [0.1, 0.15) is 65.4 Å². The third kappa shape index (κ3) is 10.4. The Hall–Kier alpha value is -0.790. The minimum absolute atomic E-state index is 0. The van der Waals surface area contributed by atoms with Crippen molar-refractivity contribution in [3.63, 3.8) is 0 Å². The van der Waals surface area contributed by atoms with Gasteiger partial charge < -0.3 is 24.8 Å². The molecule has 1 atom stereocenters. The summed E-state index contributed by atoms with van der Waals surface area (Å²) < 4.78 is 0. The van der Waals surface area contributed by atoms with Gasteiger partial charge in [0.25, 0.3) is 0 Å². The van der Waals surface area contributed by atoms with Crippen molar-refractivity contribution >= 4 is 16.2 Å². The summed E-state index contributed by atoms with van der Waals surface area (Å²) in [6.45, 7) is 13.3. The molecule has 0 aromatic heterocycles. The number of hydrogen-bond donors (Lipinski definition) is 0. The van der Waals surface area contributed by atoms with Crippen LogP contribution in [0, 0.1) is 17.9 Å². The van der Waals surface area contributed by atoms with Gasteiger partial charge in [-0.05, 0) is 17.9 Å². The van der Waals surface area contributed by atoms with Gasteiger partial charge in [0.2, 0.25) is 0 Å². The molecule has 5 rings (SSSR count). The summed E-state index contributed by atoms with van der Waals surface area (Å²) in [7, 11) is 0. The van der Waals surface area contributed by atoms with Gasteiger partial charge >= 0.3 is 41.9 Å². The van der Waals surface area contributed by atoms with Crippen molar-refractivity contribution in [3.05, 3.63) is 89.0 Å². The van der Waals surface area contributed by atoms with Crippen molar-refractivity contribution in [1.29, 1.82) is 0 Å². The first-order valence-corrected chi connectivity index (χ1v) is 19.5. The summed E-state index contributed by atoms with van der Waals surface area (Å²) in [5.74, 6) is 1.47. The fourth-order valence-electron chi connectivity index (χ4n) is 5.17. The third-order valence-corrected chi connectivity index (χ3v) is 7.38. The Kier molecular flexibility index (Phi) is 15.7. The van der Waals surface area contributed by atoms with Crippen LogP contribution in [0.3, 0.4) is 0 Å². The molecule has 1 unspecified atom stereocenters. The Bertz CT molecular complexity index is 1180. The van der Waals surface area contributed by atoms with Crippen LogP contribution in [0.5, 0.6) is 0 Å². The summed E-state index contributed by atoms with van der Waals surface area (Å²) in [5.41, 5.74) is 8.68. The number of hydrogen-bond acceptors (Lipinski definition) is 0. The maximum atomic E-state index is 3.36. The fourth-order valence-corrected chi connectivity index (χ4v) is 5.17. The van der Waals surface area contributed by atoms with Gasteiger partial charge in [-0.15, -0.1) is 41.5 Å². The molecule has 0 bridgehead atoms. The molecule has 2 aliphatic carbocycles. The van der Waals surface area contributed by atoms with Gasteiger partial charge in [-0.25, -0.2) is 5.57 Å². The number of fused-ring (bicyclic) bond motifs is 1. The van der Waals surface area contributed by atoms with E-state index >= 15 is 0 Å². The molecule has 0 radical (unpaired) electrons. The average molecular weight is 629 g/mol. The molecule has 3 aromatic carbocycles. The number of halogens is 2. The molecule has 2 aliphatic rings. The summed E-state index contributed by atoms with van der Waals surface area (Å²) in [6.07, 6.45) is 11.8. The summed E-state index contributed by atoms with van der Waals surface area (Å²) >= 11 is 1.74. The molecule has 0 saturated heterocycles. The molecule has 198 valence electrons. The predicted molar refractivity (Wildman–Crippen MR) is 153 cm³/mol. The summed E-state index contributed by atoms with van der Waals surface area (Å²) in [6, 6.07) is 22.3. The molecule has 0 aliphatic heterocycles. The van der Waals surface area contributed by atoms with E-state index in [1.807, 2.05) is 0 Å². The van der Waals surface area contributed by atoms with E-state index in [0.717, 1.165) is 5.92 Å². The Morgan fingerprint density at radius 2 is 1.54 bits per heavy atom. The molecule has 0 nitrogen and oxygen atoms in total. The van der Waals surface area contributed by atoms with Crippen LogP contribution < -0.4 is 24.8 Å². The Morgan fingerprint density at radius 1 is 0.919 bits per heavy atom. The van der Waals surface area contributed by atoms with E-state index in [0.29, 0.717) is 5.92 Å². The van der Waals surface area contributed by atoms with Crippen LogP contribution in [0.25, 0.3) is 21.9 Å². The molecule has 0 heterocycles. The molecule has 0 N–H and O–H groups in total. The molecular weight excluding hydrogens is 587 g/mol. The van der Waals surface area contributed by atoms with Gasteiger partial charge in [0.15, 0.2) is 0 Å². The van der Waals surface area contributed by atoms with E-state index in [2.05, 4.69) is 108 Å². The smallest absolute Gasteiger partial charge is 0.0279 e. The van der Waals surface area contributed by atoms with Crippen LogP contribution >= 0.6 is 0 Å². The zero-order chi connectivity index (χ0) is 25.4. The van der Waals surface area contributed by atoms with Crippen LogP contribution in [0.4, 0.5) is 0 Å². The largest absolute Gasteiger partial charge is 1.00 e. The van der Waals surface area contributed by atoms with Crippen molar-refractivity contribution < 1.29 is 48.1 Å². The molecule has 3 aromatic rings. The van der Waals surface area contributed by atoms with E-state index in [-0.39, 0.29) is 30.2 Å². The average Bonchev–Trinajstić information content (AvgIpc) is 3.35. The van der Waals surface area contributed by atoms with Gasteiger partial charge in [-0.1, -0.05) is 101 Å². The Morgan fingerprint density at radius 3 is 2.05 bits per heavy atom. The molecule has 4 heteroatoms. The van der Waals surface area contributed by atoms with Gasteiger partial charge in [-0.2, -0.15) is 17.2 Å². The normalized spacial score (nSPS) is 17.0. The second kappa shape index (κ2) is 17.0. The number of benzene rings is 2. The minimum atomic E-state index is 0. The van der Waals surface area contributed by atoms with Crippen molar-refractivity contribution in [2.45, 2.75) is 79.3 Å². The van der Waals surface area contributed by atoms with Crippen LogP contribution in [0.15, 0.2) is 77.4 Å². The van der Waals surface area contributed by atoms with Gasteiger partial charge in [0.1, 0.15) is 0 Å². The Balaban J connectivity index is 0.000000385. The summed E-state index contributed by atoms with van der Waals surface area (Å²) in [4.78, 5) is 0. The topological polar surface area (TPSA) is 0 Å². The molecule has 1 fully saturated rings. The van der Waals surface area contributed by atoms with E-state index in [4.69, 9.17) is 0 Å². The van der Waals surface area contributed by atoms with E-state index < -0.39 is 0 Å². The van der Waals surface area contributed by atoms with Gasteiger partial charge in [-0.3, -0.25) is 6.08 Å².